The van der Waals surface area contributed by atoms with E-state index in [9.17, 15) is 13.2 Å². The number of furan rings is 1. The summed E-state index contributed by atoms with van der Waals surface area (Å²) in [4.78, 5) is 13.1. The first-order chi connectivity index (χ1) is 13.1. The molecule has 1 N–H and O–H groups in total. The molecule has 0 aliphatic rings. The summed E-state index contributed by atoms with van der Waals surface area (Å²) < 4.78 is 37.0. The van der Waals surface area contributed by atoms with E-state index < -0.39 is 10.0 Å². The molecule has 1 amide bonds. The first-order valence-corrected chi connectivity index (χ1v) is 10.0. The van der Waals surface area contributed by atoms with Gasteiger partial charge >= 0.3 is 0 Å². The molecule has 0 aliphatic carbocycles. The van der Waals surface area contributed by atoms with E-state index in [1.165, 1.54) is 20.2 Å². The topological polar surface area (TPSA) is 88.8 Å². The lowest BCUT2D eigenvalue weighted by molar-refractivity contribution is 0.102. The van der Waals surface area contributed by atoms with E-state index in [0.29, 0.717) is 39.3 Å². The standard InChI is InChI=1S/C20H22N2O5S/c1-12-6-7-14(10-18(12)28(24,25)22(3)4)21-20(23)19-13(2)27-17-9-8-15(26-5)11-16(17)19/h6-11H,1-5H3,(H,21,23). The van der Waals surface area contributed by atoms with E-state index in [1.54, 1.807) is 51.3 Å². The minimum atomic E-state index is -3.62. The number of fused-ring (bicyclic) bond motifs is 1. The fraction of sp³-hybridized carbons (Fsp3) is 0.250. The summed E-state index contributed by atoms with van der Waals surface area (Å²) in [5.74, 6) is 0.688. The van der Waals surface area contributed by atoms with Crippen molar-refractivity contribution >= 4 is 32.6 Å². The first kappa shape index (κ1) is 19.9. The van der Waals surface area contributed by atoms with Crippen LogP contribution in [0.3, 0.4) is 0 Å². The van der Waals surface area contributed by atoms with Crippen molar-refractivity contribution < 1.29 is 22.4 Å². The number of methoxy groups -OCH3 is 1. The molecule has 2 aromatic carbocycles. The molecule has 148 valence electrons. The third kappa shape index (κ3) is 3.48. The zero-order chi connectivity index (χ0) is 20.6. The monoisotopic (exact) mass is 402 g/mol. The summed E-state index contributed by atoms with van der Waals surface area (Å²) in [6.07, 6.45) is 0. The molecule has 0 saturated carbocycles. The number of carbonyl (C=O) groups excluding carboxylic acids is 1. The van der Waals surface area contributed by atoms with Crippen LogP contribution in [0.25, 0.3) is 11.0 Å². The molecule has 0 spiro atoms. The maximum atomic E-state index is 12.9. The number of sulfonamides is 1. The molecule has 0 fully saturated rings. The third-order valence-electron chi connectivity index (χ3n) is 4.50. The highest BCUT2D eigenvalue weighted by Crippen LogP contribution is 2.30. The molecule has 3 aromatic rings. The average molecular weight is 402 g/mol. The summed E-state index contributed by atoms with van der Waals surface area (Å²) in [6.45, 7) is 3.42. The SMILES string of the molecule is COc1ccc2oc(C)c(C(=O)Nc3ccc(C)c(S(=O)(=O)N(C)C)c3)c2c1. The molecule has 1 heterocycles. The molecule has 0 radical (unpaired) electrons. The highest BCUT2D eigenvalue weighted by atomic mass is 32.2. The Labute approximate surface area is 163 Å². The van der Waals surface area contributed by atoms with Gasteiger partial charge in [-0.3, -0.25) is 4.79 Å². The van der Waals surface area contributed by atoms with Gasteiger partial charge in [0.15, 0.2) is 0 Å². The van der Waals surface area contributed by atoms with Gasteiger partial charge in [-0.2, -0.15) is 0 Å². The fourth-order valence-electron chi connectivity index (χ4n) is 2.95. The van der Waals surface area contributed by atoms with Gasteiger partial charge in [-0.25, -0.2) is 12.7 Å². The zero-order valence-electron chi connectivity index (χ0n) is 16.4. The predicted molar refractivity (Wildman–Crippen MR) is 108 cm³/mol. The predicted octanol–water partition coefficient (Wildman–Crippen LogP) is 3.56. The van der Waals surface area contributed by atoms with Crippen molar-refractivity contribution in [1.82, 2.24) is 4.31 Å². The van der Waals surface area contributed by atoms with Crippen LogP contribution in [0.1, 0.15) is 21.7 Å². The highest BCUT2D eigenvalue weighted by Gasteiger charge is 2.22. The summed E-state index contributed by atoms with van der Waals surface area (Å²) in [6, 6.07) is 10.0. The molecular formula is C20H22N2O5S. The molecular weight excluding hydrogens is 380 g/mol. The van der Waals surface area contributed by atoms with E-state index in [-0.39, 0.29) is 10.8 Å². The van der Waals surface area contributed by atoms with Crippen LogP contribution in [-0.2, 0) is 10.0 Å². The number of amides is 1. The fourth-order valence-corrected chi connectivity index (χ4v) is 4.10. The lowest BCUT2D eigenvalue weighted by Gasteiger charge is -2.15. The molecule has 0 bridgehead atoms. The molecule has 3 rings (SSSR count). The maximum absolute atomic E-state index is 12.9. The number of rotatable bonds is 5. The number of ether oxygens (including phenoxy) is 1. The van der Waals surface area contributed by atoms with Crippen molar-refractivity contribution in [3.05, 3.63) is 53.3 Å². The van der Waals surface area contributed by atoms with E-state index in [4.69, 9.17) is 9.15 Å². The van der Waals surface area contributed by atoms with Crippen LogP contribution >= 0.6 is 0 Å². The second kappa shape index (κ2) is 7.29. The second-order valence-electron chi connectivity index (χ2n) is 6.62. The molecule has 0 unspecified atom stereocenters. The van der Waals surface area contributed by atoms with Gasteiger partial charge in [0.1, 0.15) is 17.1 Å². The molecule has 8 heteroatoms. The molecule has 28 heavy (non-hydrogen) atoms. The van der Waals surface area contributed by atoms with E-state index >= 15 is 0 Å². The van der Waals surface area contributed by atoms with Crippen LogP contribution in [0, 0.1) is 13.8 Å². The summed E-state index contributed by atoms with van der Waals surface area (Å²) in [5, 5.41) is 3.40. The number of nitrogens with one attached hydrogen (secondary N) is 1. The van der Waals surface area contributed by atoms with Crippen molar-refractivity contribution in [2.24, 2.45) is 0 Å². The molecule has 0 atom stereocenters. The summed E-state index contributed by atoms with van der Waals surface area (Å²) in [7, 11) is 0.857. The Morgan fingerprint density at radius 1 is 1.11 bits per heavy atom. The zero-order valence-corrected chi connectivity index (χ0v) is 17.2. The lowest BCUT2D eigenvalue weighted by Crippen LogP contribution is -2.23. The normalized spacial score (nSPS) is 11.8. The van der Waals surface area contributed by atoms with E-state index in [2.05, 4.69) is 5.32 Å². The summed E-state index contributed by atoms with van der Waals surface area (Å²) >= 11 is 0. The Morgan fingerprint density at radius 3 is 2.46 bits per heavy atom. The van der Waals surface area contributed by atoms with Gasteiger partial charge in [-0.15, -0.1) is 0 Å². The molecule has 0 saturated heterocycles. The Morgan fingerprint density at radius 2 is 1.82 bits per heavy atom. The first-order valence-electron chi connectivity index (χ1n) is 8.57. The largest absolute Gasteiger partial charge is 0.497 e. The van der Waals surface area contributed by atoms with E-state index in [0.717, 1.165) is 4.31 Å². The molecule has 1 aromatic heterocycles. The van der Waals surface area contributed by atoms with Gasteiger partial charge in [0.05, 0.1) is 17.6 Å². The minimum Gasteiger partial charge on any atom is -0.497 e. The van der Waals surface area contributed by atoms with Crippen molar-refractivity contribution in [2.45, 2.75) is 18.7 Å². The lowest BCUT2D eigenvalue weighted by atomic mass is 10.1. The van der Waals surface area contributed by atoms with Crippen molar-refractivity contribution in [2.75, 3.05) is 26.5 Å². The van der Waals surface area contributed by atoms with Crippen LogP contribution < -0.4 is 10.1 Å². The van der Waals surface area contributed by atoms with E-state index in [1.807, 2.05) is 0 Å². The quantitative estimate of drug-likeness (QED) is 0.705. The number of benzene rings is 2. The summed E-state index contributed by atoms with van der Waals surface area (Å²) in [5.41, 5.74) is 1.93. The Hall–Kier alpha value is -2.84. The van der Waals surface area contributed by atoms with Crippen molar-refractivity contribution in [3.63, 3.8) is 0 Å². The third-order valence-corrected chi connectivity index (χ3v) is 6.46. The number of aryl methyl sites for hydroxylation is 2. The number of anilines is 1. The van der Waals surface area contributed by atoms with Crippen LogP contribution in [0.2, 0.25) is 0 Å². The Bertz CT molecular complexity index is 1160. The number of carbonyl (C=O) groups is 1. The van der Waals surface area contributed by atoms with Crippen LogP contribution in [0.15, 0.2) is 45.7 Å². The van der Waals surface area contributed by atoms with Crippen LogP contribution in [0.4, 0.5) is 5.69 Å². The van der Waals surface area contributed by atoms with Gasteiger partial charge in [0.2, 0.25) is 10.0 Å². The Kier molecular flexibility index (Phi) is 5.18. The minimum absolute atomic E-state index is 0.144. The van der Waals surface area contributed by atoms with Gasteiger partial charge < -0.3 is 14.5 Å². The Balaban J connectivity index is 2.01. The number of hydrogen-bond donors (Lipinski definition) is 1. The van der Waals surface area contributed by atoms with Gasteiger partial charge in [-0.05, 0) is 49.7 Å². The van der Waals surface area contributed by atoms with Gasteiger partial charge in [0, 0.05) is 25.2 Å². The average Bonchev–Trinajstić information content (AvgIpc) is 2.97. The molecule has 0 aliphatic heterocycles. The van der Waals surface area contributed by atoms with Gasteiger partial charge in [0.25, 0.3) is 5.91 Å². The van der Waals surface area contributed by atoms with Crippen LogP contribution in [0.5, 0.6) is 5.75 Å². The van der Waals surface area contributed by atoms with Crippen molar-refractivity contribution in [1.29, 1.82) is 0 Å². The highest BCUT2D eigenvalue weighted by molar-refractivity contribution is 7.89. The van der Waals surface area contributed by atoms with Crippen LogP contribution in [-0.4, -0.2) is 39.8 Å². The number of hydrogen-bond acceptors (Lipinski definition) is 5. The number of nitrogens with zero attached hydrogens (tertiary/aromatic N) is 1. The van der Waals surface area contributed by atoms with Gasteiger partial charge in [-0.1, -0.05) is 6.07 Å². The maximum Gasteiger partial charge on any atom is 0.259 e. The second-order valence-corrected chi connectivity index (χ2v) is 8.74. The smallest absolute Gasteiger partial charge is 0.259 e. The molecule has 7 nitrogen and oxygen atoms in total. The van der Waals surface area contributed by atoms with Crippen molar-refractivity contribution in [3.8, 4) is 5.75 Å².